The van der Waals surface area contributed by atoms with Crippen LogP contribution in [0.1, 0.15) is 24.2 Å². The van der Waals surface area contributed by atoms with Gasteiger partial charge in [-0.15, -0.1) is 0 Å². The monoisotopic (exact) mass is 218 g/mol. The first-order valence-corrected chi connectivity index (χ1v) is 5.50. The van der Waals surface area contributed by atoms with Crippen LogP contribution in [0.4, 0.5) is 0 Å². The van der Waals surface area contributed by atoms with Crippen molar-refractivity contribution >= 4 is 16.8 Å². The van der Waals surface area contributed by atoms with Crippen molar-refractivity contribution in [3.8, 4) is 0 Å². The summed E-state index contributed by atoms with van der Waals surface area (Å²) < 4.78 is 1.96. The maximum absolute atomic E-state index is 11.5. The minimum atomic E-state index is -0.0400. The Morgan fingerprint density at radius 2 is 1.88 bits per heavy atom. The second-order valence-electron chi connectivity index (χ2n) is 3.25. The average molecular weight is 218 g/mol. The third-order valence-electron chi connectivity index (χ3n) is 2.37. The highest BCUT2D eigenvalue weighted by atomic mass is 16.1. The highest BCUT2D eigenvalue weighted by Gasteiger charge is 2.11. The lowest BCUT2D eigenvalue weighted by Gasteiger charge is -1.95. The molecule has 2 rings (SSSR count). The Kier molecular flexibility index (Phi) is 4.11. The van der Waals surface area contributed by atoms with Gasteiger partial charge in [0.15, 0.2) is 0 Å². The van der Waals surface area contributed by atoms with E-state index in [9.17, 15) is 4.79 Å². The summed E-state index contributed by atoms with van der Waals surface area (Å²) in [6, 6.07) is 7.87. The molecule has 3 heteroatoms. The molecular weight excluding hydrogens is 200 g/mol. The van der Waals surface area contributed by atoms with E-state index in [0.717, 1.165) is 16.5 Å². The molecule has 3 nitrogen and oxygen atoms in total. The van der Waals surface area contributed by atoms with Gasteiger partial charge in [0.1, 0.15) is 0 Å². The number of rotatable bonds is 1. The number of hydrogen-bond acceptors (Lipinski definition) is 1. The van der Waals surface area contributed by atoms with E-state index in [4.69, 9.17) is 0 Å². The summed E-state index contributed by atoms with van der Waals surface area (Å²) in [7, 11) is 3.58. The minimum absolute atomic E-state index is 0.0400. The molecule has 0 bridgehead atoms. The van der Waals surface area contributed by atoms with Crippen LogP contribution in [0.3, 0.4) is 0 Å². The van der Waals surface area contributed by atoms with Gasteiger partial charge in [-0.25, -0.2) is 0 Å². The van der Waals surface area contributed by atoms with Gasteiger partial charge in [-0.1, -0.05) is 32.0 Å². The van der Waals surface area contributed by atoms with Crippen molar-refractivity contribution in [3.05, 3.63) is 36.0 Å². The van der Waals surface area contributed by atoms with Crippen LogP contribution in [0.25, 0.3) is 10.9 Å². The Balaban J connectivity index is 0.000000606. The van der Waals surface area contributed by atoms with Gasteiger partial charge in [-0.3, -0.25) is 4.79 Å². The number of para-hydroxylation sites is 1. The van der Waals surface area contributed by atoms with Crippen molar-refractivity contribution in [2.45, 2.75) is 13.8 Å². The molecule has 1 N–H and O–H groups in total. The van der Waals surface area contributed by atoms with Gasteiger partial charge >= 0.3 is 0 Å². The van der Waals surface area contributed by atoms with Crippen LogP contribution in [0, 0.1) is 0 Å². The quantitative estimate of drug-likeness (QED) is 0.784. The van der Waals surface area contributed by atoms with Crippen LogP contribution in [-0.2, 0) is 7.05 Å². The van der Waals surface area contributed by atoms with Crippen molar-refractivity contribution in [1.82, 2.24) is 9.88 Å². The summed E-state index contributed by atoms with van der Waals surface area (Å²) in [4.78, 5) is 11.5. The molecule has 1 amide bonds. The minimum Gasteiger partial charge on any atom is -0.355 e. The third-order valence-corrected chi connectivity index (χ3v) is 2.37. The first-order valence-electron chi connectivity index (χ1n) is 5.50. The Hall–Kier alpha value is -1.77. The highest BCUT2D eigenvalue weighted by molar-refractivity contribution is 6.06. The fourth-order valence-corrected chi connectivity index (χ4v) is 1.66. The summed E-state index contributed by atoms with van der Waals surface area (Å²) in [5, 5.41) is 3.63. The van der Waals surface area contributed by atoms with Crippen LogP contribution in [0.15, 0.2) is 30.5 Å². The number of carbonyl (C=O) groups is 1. The predicted octanol–water partition coefficient (Wildman–Crippen LogP) is 2.56. The first kappa shape index (κ1) is 12.3. The van der Waals surface area contributed by atoms with Crippen LogP contribution in [-0.4, -0.2) is 17.5 Å². The van der Waals surface area contributed by atoms with E-state index in [1.807, 2.05) is 55.9 Å². The molecule has 1 heterocycles. The number of benzene rings is 1. The molecule has 86 valence electrons. The number of hydrogen-bond donors (Lipinski definition) is 1. The Labute approximate surface area is 96.1 Å². The molecule has 2 aromatic rings. The number of carbonyl (C=O) groups excluding carboxylic acids is 1. The normalized spacial score (nSPS) is 9.50. The van der Waals surface area contributed by atoms with E-state index in [2.05, 4.69) is 5.32 Å². The number of aryl methyl sites for hydroxylation is 1. The molecule has 0 fully saturated rings. The van der Waals surface area contributed by atoms with Crippen molar-refractivity contribution < 1.29 is 4.79 Å². The van der Waals surface area contributed by atoms with Crippen molar-refractivity contribution in [2.24, 2.45) is 7.05 Å². The second kappa shape index (κ2) is 5.35. The molecule has 0 atom stereocenters. The lowest BCUT2D eigenvalue weighted by atomic mass is 10.2. The summed E-state index contributed by atoms with van der Waals surface area (Å²) in [6.07, 6.45) is 1.85. The molecule has 0 saturated heterocycles. The van der Waals surface area contributed by atoms with Gasteiger partial charge in [-0.2, -0.15) is 0 Å². The van der Waals surface area contributed by atoms with Crippen LogP contribution in [0.2, 0.25) is 0 Å². The maximum Gasteiger partial charge on any atom is 0.253 e. The molecule has 0 radical (unpaired) electrons. The van der Waals surface area contributed by atoms with Gasteiger partial charge in [0.25, 0.3) is 5.91 Å². The van der Waals surface area contributed by atoms with Gasteiger partial charge in [0.05, 0.1) is 5.56 Å². The lowest BCUT2D eigenvalue weighted by molar-refractivity contribution is 0.0964. The topological polar surface area (TPSA) is 34.0 Å². The van der Waals surface area contributed by atoms with E-state index in [1.165, 1.54) is 0 Å². The van der Waals surface area contributed by atoms with E-state index in [0.29, 0.717) is 0 Å². The molecular formula is C13H18N2O. The van der Waals surface area contributed by atoms with Gasteiger partial charge in [-0.05, 0) is 6.07 Å². The van der Waals surface area contributed by atoms with Crippen LogP contribution >= 0.6 is 0 Å². The third kappa shape index (κ3) is 2.08. The van der Waals surface area contributed by atoms with Crippen molar-refractivity contribution in [2.75, 3.05) is 7.05 Å². The first-order chi connectivity index (χ1) is 7.74. The summed E-state index contributed by atoms with van der Waals surface area (Å²) in [5.74, 6) is -0.0400. The summed E-state index contributed by atoms with van der Waals surface area (Å²) in [6.45, 7) is 4.00. The molecule has 0 aliphatic rings. The molecule has 16 heavy (non-hydrogen) atoms. The second-order valence-corrected chi connectivity index (χ2v) is 3.25. The van der Waals surface area contributed by atoms with Crippen LogP contribution in [0.5, 0.6) is 0 Å². The van der Waals surface area contributed by atoms with Crippen molar-refractivity contribution in [3.63, 3.8) is 0 Å². The zero-order chi connectivity index (χ0) is 12.1. The number of amides is 1. The molecule has 0 saturated carbocycles. The van der Waals surface area contributed by atoms with E-state index in [1.54, 1.807) is 7.05 Å². The fraction of sp³-hybridized carbons (Fsp3) is 0.308. The number of nitrogens with one attached hydrogen (secondary N) is 1. The smallest absolute Gasteiger partial charge is 0.253 e. The molecule has 0 spiro atoms. The zero-order valence-corrected chi connectivity index (χ0v) is 10.2. The SMILES string of the molecule is CC.CNC(=O)c1cn(C)c2ccccc12. The molecule has 0 aliphatic heterocycles. The fourth-order valence-electron chi connectivity index (χ4n) is 1.66. The Morgan fingerprint density at radius 1 is 1.25 bits per heavy atom. The Morgan fingerprint density at radius 3 is 2.50 bits per heavy atom. The van der Waals surface area contributed by atoms with E-state index >= 15 is 0 Å². The highest BCUT2D eigenvalue weighted by Crippen LogP contribution is 2.19. The average Bonchev–Trinajstić information content (AvgIpc) is 2.69. The van der Waals surface area contributed by atoms with Crippen molar-refractivity contribution in [1.29, 1.82) is 0 Å². The van der Waals surface area contributed by atoms with E-state index < -0.39 is 0 Å². The molecule has 0 aliphatic carbocycles. The summed E-state index contributed by atoms with van der Waals surface area (Å²) in [5.41, 5.74) is 1.80. The molecule has 1 aromatic carbocycles. The van der Waals surface area contributed by atoms with Gasteiger partial charge < -0.3 is 9.88 Å². The van der Waals surface area contributed by atoms with Crippen LogP contribution < -0.4 is 5.32 Å². The largest absolute Gasteiger partial charge is 0.355 e. The Bertz CT molecular complexity index is 486. The van der Waals surface area contributed by atoms with E-state index in [-0.39, 0.29) is 5.91 Å². The summed E-state index contributed by atoms with van der Waals surface area (Å²) >= 11 is 0. The van der Waals surface area contributed by atoms with Gasteiger partial charge in [0, 0.05) is 31.2 Å². The molecule has 0 unspecified atom stereocenters. The molecule has 1 aromatic heterocycles. The maximum atomic E-state index is 11.5. The number of aromatic nitrogens is 1. The number of fused-ring (bicyclic) bond motifs is 1. The predicted molar refractivity (Wildman–Crippen MR) is 67.7 cm³/mol. The zero-order valence-electron chi connectivity index (χ0n) is 10.2. The lowest BCUT2D eigenvalue weighted by Crippen LogP contribution is -2.17. The van der Waals surface area contributed by atoms with Gasteiger partial charge in [0.2, 0.25) is 0 Å². The standard InChI is InChI=1S/C11H12N2O.C2H6/c1-12-11(14)9-7-13(2)10-6-4-3-5-8(9)10;1-2/h3-7H,1-2H3,(H,12,14);1-2H3. The number of nitrogens with zero attached hydrogens (tertiary/aromatic N) is 1.